The number of aryl methyl sites for hydroxylation is 1. The summed E-state index contributed by atoms with van der Waals surface area (Å²) in [5, 5.41) is 4.51. The number of carbonyl (C=O) groups excluding carboxylic acids is 1. The number of nitrogens with two attached hydrogens (primary N) is 1. The number of ether oxygens (including phenoxy) is 1. The Hall–Kier alpha value is -2.12. The molecule has 0 amide bonds. The van der Waals surface area contributed by atoms with Gasteiger partial charge in [0.05, 0.1) is 12.2 Å². The number of thiophene rings is 1. The van der Waals surface area contributed by atoms with Crippen LogP contribution in [0.3, 0.4) is 0 Å². The van der Waals surface area contributed by atoms with Crippen molar-refractivity contribution in [2.75, 3.05) is 12.3 Å². The van der Waals surface area contributed by atoms with Crippen molar-refractivity contribution in [2.24, 2.45) is 0 Å². The lowest BCUT2D eigenvalue weighted by atomic mass is 9.66. The average molecular weight is 475 g/mol. The highest BCUT2D eigenvalue weighted by Gasteiger charge is 2.39. The van der Waals surface area contributed by atoms with E-state index in [-0.39, 0.29) is 11.4 Å². The fourth-order valence-electron chi connectivity index (χ4n) is 4.29. The summed E-state index contributed by atoms with van der Waals surface area (Å²) in [6.45, 7) is 2.17. The summed E-state index contributed by atoms with van der Waals surface area (Å²) in [5.41, 5.74) is 9.17. The zero-order valence-corrected chi connectivity index (χ0v) is 18.6. The molecule has 2 aromatic heterocycles. The molecule has 0 fully saturated rings. The van der Waals surface area contributed by atoms with Gasteiger partial charge in [-0.1, -0.05) is 35.5 Å². The number of halogens is 1. The monoisotopic (exact) mass is 474 g/mol. The van der Waals surface area contributed by atoms with Crippen LogP contribution in [0.25, 0.3) is 0 Å². The topological polar surface area (TPSA) is 78.4 Å². The van der Waals surface area contributed by atoms with Gasteiger partial charge in [0.25, 0.3) is 0 Å². The molecule has 0 spiro atoms. The molecule has 0 bridgehead atoms. The van der Waals surface area contributed by atoms with E-state index in [9.17, 15) is 4.79 Å². The Labute approximate surface area is 182 Å². The third kappa shape index (κ3) is 3.98. The van der Waals surface area contributed by atoms with E-state index in [4.69, 9.17) is 15.0 Å². The molecule has 2 heterocycles. The third-order valence-corrected chi connectivity index (χ3v) is 7.15. The fourth-order valence-corrected chi connectivity index (χ4v) is 5.87. The van der Waals surface area contributed by atoms with Crippen LogP contribution >= 0.6 is 27.3 Å². The number of rotatable bonds is 6. The smallest absolute Gasteiger partial charge is 0.341 e. The molecule has 7 heteroatoms. The van der Waals surface area contributed by atoms with Crippen LogP contribution in [0.1, 0.15) is 51.9 Å². The molecule has 0 radical (unpaired) electrons. The number of carbonyl (C=O) groups is 1. The first-order valence-corrected chi connectivity index (χ1v) is 11.4. The zero-order chi connectivity index (χ0) is 20.4. The number of aromatic nitrogens is 1. The van der Waals surface area contributed by atoms with Gasteiger partial charge in [-0.3, -0.25) is 0 Å². The van der Waals surface area contributed by atoms with Crippen LogP contribution in [0.5, 0.6) is 0 Å². The van der Waals surface area contributed by atoms with E-state index >= 15 is 0 Å². The van der Waals surface area contributed by atoms with Crippen LogP contribution in [-0.2, 0) is 29.4 Å². The minimum Gasteiger partial charge on any atom is -0.462 e. The Morgan fingerprint density at radius 2 is 2.17 bits per heavy atom. The van der Waals surface area contributed by atoms with Gasteiger partial charge in [0.15, 0.2) is 0 Å². The molecule has 2 N–H and O–H groups in total. The molecular formula is C22H23BrN2O3S. The first kappa shape index (κ1) is 20.2. The number of anilines is 1. The third-order valence-electron chi connectivity index (χ3n) is 5.72. The van der Waals surface area contributed by atoms with Gasteiger partial charge in [-0.2, -0.15) is 0 Å². The van der Waals surface area contributed by atoms with Gasteiger partial charge >= 0.3 is 5.97 Å². The molecule has 3 aromatic rings. The minimum atomic E-state index is -0.304. The molecule has 1 aliphatic rings. The lowest BCUT2D eigenvalue weighted by Gasteiger charge is -2.38. The van der Waals surface area contributed by atoms with Crippen molar-refractivity contribution in [3.8, 4) is 0 Å². The predicted molar refractivity (Wildman–Crippen MR) is 117 cm³/mol. The Morgan fingerprint density at radius 3 is 2.86 bits per heavy atom. The maximum Gasteiger partial charge on any atom is 0.341 e. The molecule has 4 rings (SSSR count). The lowest BCUT2D eigenvalue weighted by molar-refractivity contribution is 0.0526. The van der Waals surface area contributed by atoms with E-state index in [1.807, 2.05) is 19.1 Å². The lowest BCUT2D eigenvalue weighted by Crippen LogP contribution is -2.34. The van der Waals surface area contributed by atoms with Gasteiger partial charge in [-0.05, 0) is 59.7 Å². The van der Waals surface area contributed by atoms with E-state index < -0.39 is 0 Å². The second-order valence-corrected chi connectivity index (χ2v) is 9.35. The Balaban J connectivity index is 1.67. The number of fused-ring (bicyclic) bond motifs is 1. The fraction of sp³-hybridized carbons (Fsp3) is 0.364. The van der Waals surface area contributed by atoms with Crippen molar-refractivity contribution >= 4 is 38.2 Å². The standard InChI is InChI=1S/C22H23BrN2O3S/c1-2-27-21(26)19-16-9-11-22(13-17(16)29-20(19)24,14-6-4-3-5-7-14)10-8-15-12-18(23)25-28-15/h3-7,12H,2,8-11,13,24H2,1H3. The van der Waals surface area contributed by atoms with Crippen LogP contribution in [-0.4, -0.2) is 17.7 Å². The van der Waals surface area contributed by atoms with Crippen molar-refractivity contribution in [1.82, 2.24) is 5.16 Å². The number of hydrogen-bond donors (Lipinski definition) is 1. The van der Waals surface area contributed by atoms with Gasteiger partial charge in [-0.25, -0.2) is 4.79 Å². The average Bonchev–Trinajstić information content (AvgIpc) is 3.28. The molecule has 5 nitrogen and oxygen atoms in total. The maximum absolute atomic E-state index is 12.4. The van der Waals surface area contributed by atoms with E-state index in [1.165, 1.54) is 21.8 Å². The van der Waals surface area contributed by atoms with Crippen molar-refractivity contribution in [3.05, 3.63) is 68.3 Å². The van der Waals surface area contributed by atoms with Crippen molar-refractivity contribution in [3.63, 3.8) is 0 Å². The summed E-state index contributed by atoms with van der Waals surface area (Å²) < 4.78 is 11.4. The summed E-state index contributed by atoms with van der Waals surface area (Å²) in [6.07, 6.45) is 4.35. The first-order valence-electron chi connectivity index (χ1n) is 9.76. The normalized spacial score (nSPS) is 18.4. The second-order valence-electron chi connectivity index (χ2n) is 7.40. The minimum absolute atomic E-state index is 0.0310. The molecule has 0 saturated carbocycles. The molecule has 1 unspecified atom stereocenters. The molecule has 1 aromatic carbocycles. The SMILES string of the molecule is CCOC(=O)c1c(N)sc2c1CCC(CCc1cc(Br)no1)(c1ccccc1)C2. The van der Waals surface area contributed by atoms with Crippen LogP contribution < -0.4 is 5.73 Å². The van der Waals surface area contributed by atoms with Gasteiger partial charge < -0.3 is 15.0 Å². The van der Waals surface area contributed by atoms with Crippen molar-refractivity contribution < 1.29 is 14.1 Å². The Morgan fingerprint density at radius 1 is 1.38 bits per heavy atom. The summed E-state index contributed by atoms with van der Waals surface area (Å²) in [5.74, 6) is 0.567. The number of esters is 1. The number of nitrogens with zero attached hydrogens (tertiary/aromatic N) is 1. The molecule has 1 aliphatic carbocycles. The molecule has 152 valence electrons. The zero-order valence-electron chi connectivity index (χ0n) is 16.2. The molecular weight excluding hydrogens is 452 g/mol. The van der Waals surface area contributed by atoms with Gasteiger partial charge in [-0.15, -0.1) is 11.3 Å². The number of hydrogen-bond acceptors (Lipinski definition) is 6. The molecule has 0 saturated heterocycles. The second kappa shape index (κ2) is 8.32. The quantitative estimate of drug-likeness (QED) is 0.489. The summed E-state index contributed by atoms with van der Waals surface area (Å²) in [7, 11) is 0. The van der Waals surface area contributed by atoms with Crippen LogP contribution in [0, 0.1) is 0 Å². The van der Waals surface area contributed by atoms with E-state index in [1.54, 1.807) is 0 Å². The van der Waals surface area contributed by atoms with E-state index in [0.29, 0.717) is 17.2 Å². The van der Waals surface area contributed by atoms with Crippen molar-refractivity contribution in [2.45, 2.75) is 44.4 Å². The van der Waals surface area contributed by atoms with Gasteiger partial charge in [0, 0.05) is 22.8 Å². The summed E-state index contributed by atoms with van der Waals surface area (Å²) in [6, 6.07) is 12.5. The summed E-state index contributed by atoms with van der Waals surface area (Å²) in [4.78, 5) is 13.6. The number of benzene rings is 1. The maximum atomic E-state index is 12.4. The van der Waals surface area contributed by atoms with Crippen LogP contribution in [0.2, 0.25) is 0 Å². The Kier molecular flexibility index (Phi) is 5.79. The predicted octanol–water partition coefficient (Wildman–Crippen LogP) is 5.32. The van der Waals surface area contributed by atoms with Crippen LogP contribution in [0.4, 0.5) is 5.00 Å². The Bertz CT molecular complexity index is 1010. The highest BCUT2D eigenvalue weighted by Crippen LogP contribution is 2.47. The molecule has 0 aliphatic heterocycles. The first-order chi connectivity index (χ1) is 14.0. The summed E-state index contributed by atoms with van der Waals surface area (Å²) >= 11 is 4.88. The van der Waals surface area contributed by atoms with Crippen molar-refractivity contribution in [1.29, 1.82) is 0 Å². The van der Waals surface area contributed by atoms with E-state index in [0.717, 1.165) is 48.0 Å². The van der Waals surface area contributed by atoms with Crippen LogP contribution in [0.15, 0.2) is 45.5 Å². The number of nitrogen functional groups attached to an aromatic ring is 1. The van der Waals surface area contributed by atoms with Gasteiger partial charge in [0.1, 0.15) is 15.4 Å². The highest BCUT2D eigenvalue weighted by molar-refractivity contribution is 9.10. The molecule has 29 heavy (non-hydrogen) atoms. The highest BCUT2D eigenvalue weighted by atomic mass is 79.9. The van der Waals surface area contributed by atoms with E-state index in [2.05, 4.69) is 45.4 Å². The van der Waals surface area contributed by atoms with Gasteiger partial charge in [0.2, 0.25) is 0 Å². The molecule has 1 atom stereocenters. The largest absolute Gasteiger partial charge is 0.462 e.